The minimum atomic E-state index is -4.00. The molecule has 3 unspecified atom stereocenters. The fourth-order valence-electron chi connectivity index (χ4n) is 3.65. The lowest BCUT2D eigenvalue weighted by molar-refractivity contribution is -0.0335. The van der Waals surface area contributed by atoms with Crippen LogP contribution in [0.1, 0.15) is 12.8 Å². The van der Waals surface area contributed by atoms with Crippen molar-refractivity contribution >= 4 is 32.3 Å². The first-order valence-corrected chi connectivity index (χ1v) is 12.4. The number of nitrogen functional groups attached to an aromatic ring is 1. The van der Waals surface area contributed by atoms with Crippen LogP contribution in [0.5, 0.6) is 0 Å². The van der Waals surface area contributed by atoms with Gasteiger partial charge < -0.3 is 29.3 Å². The molecule has 29 heavy (non-hydrogen) atoms. The van der Waals surface area contributed by atoms with Crippen molar-refractivity contribution in [2.45, 2.75) is 43.3 Å². The van der Waals surface area contributed by atoms with Gasteiger partial charge in [0.05, 0.1) is 19.0 Å². The van der Waals surface area contributed by atoms with Crippen LogP contribution >= 0.6 is 15.3 Å². The molecule has 1 spiro atoms. The third-order valence-electron chi connectivity index (χ3n) is 5.00. The van der Waals surface area contributed by atoms with E-state index in [-0.39, 0.29) is 18.7 Å². The van der Waals surface area contributed by atoms with Crippen LogP contribution < -0.4 is 10.8 Å². The molecular formula is C14H22N6O7P2. The molecule has 1 saturated heterocycles. The summed E-state index contributed by atoms with van der Waals surface area (Å²) in [6, 6.07) is 0. The van der Waals surface area contributed by atoms with Crippen LogP contribution in [-0.4, -0.2) is 66.9 Å². The van der Waals surface area contributed by atoms with Gasteiger partial charge in [-0.2, -0.15) is 0 Å². The minimum Gasteiger partial charge on any atom is -0.382 e. The summed E-state index contributed by atoms with van der Waals surface area (Å²) in [5.41, 5.74) is 5.72. The summed E-state index contributed by atoms with van der Waals surface area (Å²) >= 11 is 0. The number of hydrogen-bond acceptors (Lipinski definition) is 9. The first-order chi connectivity index (χ1) is 13.5. The smallest absolute Gasteiger partial charge is 0.382 e. The fraction of sp³-hybridized carbons (Fsp3) is 0.643. The van der Waals surface area contributed by atoms with Crippen molar-refractivity contribution in [1.82, 2.24) is 24.6 Å². The average Bonchev–Trinajstić information content (AvgIpc) is 2.95. The van der Waals surface area contributed by atoms with Gasteiger partial charge in [0.15, 0.2) is 11.5 Å². The molecule has 160 valence electrons. The molecule has 1 saturated carbocycles. The van der Waals surface area contributed by atoms with Crippen LogP contribution in [0.25, 0.3) is 11.2 Å². The topological polar surface area (TPSA) is 184 Å². The molecule has 0 bridgehead atoms. The molecule has 5 N–H and O–H groups in total. The van der Waals surface area contributed by atoms with Crippen LogP contribution in [0.4, 0.5) is 5.82 Å². The third-order valence-corrected chi connectivity index (χ3v) is 6.75. The van der Waals surface area contributed by atoms with Gasteiger partial charge in [0.1, 0.15) is 29.7 Å². The highest BCUT2D eigenvalue weighted by atomic mass is 31.2. The molecule has 0 amide bonds. The maximum absolute atomic E-state index is 11.9. The number of nitrogens with one attached hydrogen (secondary N) is 1. The summed E-state index contributed by atoms with van der Waals surface area (Å²) in [5, 5.41) is 2.21. The van der Waals surface area contributed by atoms with E-state index < -0.39 is 39.3 Å². The van der Waals surface area contributed by atoms with Crippen LogP contribution in [0.3, 0.4) is 0 Å². The number of nitrogens with zero attached hydrogens (tertiary/aromatic N) is 4. The van der Waals surface area contributed by atoms with Gasteiger partial charge in [0.2, 0.25) is 0 Å². The first-order valence-electron chi connectivity index (χ1n) is 8.81. The standard InChI is InChI=1S/C14H22N6O7P2/c1-16-29(23,24)27-10-4-14(10)9(26-28(2,21)22)3-8(25-14)5-20-7-19-11-12(15)17-6-18-13(11)20/h6-10H,3-5H2,1-2H3,(H,21,22)(H2,15,17,18)(H2,16,23,24)/t8-,9+,10+,14?/m1/s1. The van der Waals surface area contributed by atoms with Crippen molar-refractivity contribution in [3.05, 3.63) is 12.7 Å². The molecule has 4 rings (SSSR count). The zero-order valence-corrected chi connectivity index (χ0v) is 17.5. The number of fused-ring (bicyclic) bond motifs is 1. The Bertz CT molecular complexity index is 1030. The Labute approximate surface area is 165 Å². The number of anilines is 1. The van der Waals surface area contributed by atoms with E-state index in [1.165, 1.54) is 13.4 Å². The predicted octanol–water partition coefficient (Wildman–Crippen LogP) is 0.245. The Morgan fingerprint density at radius 1 is 1.34 bits per heavy atom. The van der Waals surface area contributed by atoms with Gasteiger partial charge in [0.25, 0.3) is 0 Å². The Balaban J connectivity index is 1.55. The van der Waals surface area contributed by atoms with Gasteiger partial charge >= 0.3 is 15.3 Å². The van der Waals surface area contributed by atoms with Gasteiger partial charge in [-0.3, -0.25) is 9.09 Å². The van der Waals surface area contributed by atoms with Crippen molar-refractivity contribution in [2.24, 2.45) is 0 Å². The second-order valence-electron chi connectivity index (χ2n) is 7.20. The summed E-state index contributed by atoms with van der Waals surface area (Å²) < 4.78 is 42.1. The summed E-state index contributed by atoms with van der Waals surface area (Å²) in [6.45, 7) is 1.41. The number of nitrogens with two attached hydrogens (primary N) is 1. The van der Waals surface area contributed by atoms with Crippen molar-refractivity contribution < 1.29 is 32.7 Å². The van der Waals surface area contributed by atoms with Crippen LogP contribution in [0.15, 0.2) is 12.7 Å². The number of aromatic nitrogens is 4. The van der Waals surface area contributed by atoms with E-state index in [1.54, 1.807) is 10.9 Å². The molecule has 2 aliphatic rings. The fourth-order valence-corrected chi connectivity index (χ4v) is 5.09. The molecule has 0 radical (unpaired) electrons. The van der Waals surface area contributed by atoms with Crippen LogP contribution in [0.2, 0.25) is 0 Å². The normalized spacial score (nSPS) is 33.0. The summed E-state index contributed by atoms with van der Waals surface area (Å²) in [5.74, 6) is 0.257. The van der Waals surface area contributed by atoms with Crippen LogP contribution in [-0.2, 0) is 29.5 Å². The number of rotatable bonds is 7. The van der Waals surface area contributed by atoms with Crippen molar-refractivity contribution in [3.8, 4) is 0 Å². The quantitative estimate of drug-likeness (QED) is 0.424. The molecule has 6 atom stereocenters. The molecule has 2 aromatic rings. The van der Waals surface area contributed by atoms with Crippen molar-refractivity contribution in [1.29, 1.82) is 0 Å². The van der Waals surface area contributed by atoms with Gasteiger partial charge in [-0.15, -0.1) is 0 Å². The minimum absolute atomic E-state index is 0.257. The largest absolute Gasteiger partial charge is 0.403 e. The lowest BCUT2D eigenvalue weighted by atomic mass is 10.1. The van der Waals surface area contributed by atoms with E-state index in [4.69, 9.17) is 19.5 Å². The monoisotopic (exact) mass is 448 g/mol. The van der Waals surface area contributed by atoms with Crippen LogP contribution in [0, 0.1) is 0 Å². The van der Waals surface area contributed by atoms with Gasteiger partial charge in [-0.05, 0) is 7.05 Å². The first kappa shape index (κ1) is 20.8. The Kier molecular flexibility index (Phi) is 5.08. The molecule has 2 fully saturated rings. The highest BCUT2D eigenvalue weighted by molar-refractivity contribution is 7.52. The second-order valence-corrected chi connectivity index (χ2v) is 10.7. The van der Waals surface area contributed by atoms with E-state index in [2.05, 4.69) is 20.0 Å². The number of ether oxygens (including phenoxy) is 1. The molecule has 0 aromatic carbocycles. The summed E-state index contributed by atoms with van der Waals surface area (Å²) in [7, 11) is -6.52. The molecule has 15 heteroatoms. The molecule has 1 aliphatic heterocycles. The van der Waals surface area contributed by atoms with E-state index in [0.717, 1.165) is 6.66 Å². The van der Waals surface area contributed by atoms with Gasteiger partial charge in [-0.1, -0.05) is 0 Å². The van der Waals surface area contributed by atoms with E-state index in [9.17, 15) is 18.9 Å². The van der Waals surface area contributed by atoms with E-state index >= 15 is 0 Å². The highest BCUT2D eigenvalue weighted by Gasteiger charge is 2.69. The van der Waals surface area contributed by atoms with E-state index in [1.807, 2.05) is 0 Å². The molecule has 13 nitrogen and oxygen atoms in total. The lowest BCUT2D eigenvalue weighted by Gasteiger charge is -2.21. The maximum Gasteiger partial charge on any atom is 0.403 e. The SMILES string of the molecule is CNP(=O)(O)O[C@H]1CC12O[C@@H](Cn1cnc3c(N)ncnc31)C[C@@H]2OP(C)(=O)O. The molecule has 2 aromatic heterocycles. The molecule has 3 heterocycles. The highest BCUT2D eigenvalue weighted by Crippen LogP contribution is 2.60. The zero-order chi connectivity index (χ0) is 21.0. The van der Waals surface area contributed by atoms with Crippen molar-refractivity contribution in [3.63, 3.8) is 0 Å². The predicted molar refractivity (Wildman–Crippen MR) is 101 cm³/mol. The molecule has 1 aliphatic carbocycles. The Hall–Kier alpha value is -1.43. The summed E-state index contributed by atoms with van der Waals surface area (Å²) in [4.78, 5) is 31.7. The Morgan fingerprint density at radius 3 is 2.79 bits per heavy atom. The average molecular weight is 448 g/mol. The van der Waals surface area contributed by atoms with Crippen molar-refractivity contribution in [2.75, 3.05) is 19.4 Å². The van der Waals surface area contributed by atoms with Gasteiger partial charge in [-0.25, -0.2) is 24.6 Å². The number of imidazole rings is 1. The number of hydrogen-bond donors (Lipinski definition) is 4. The van der Waals surface area contributed by atoms with Gasteiger partial charge in [0, 0.05) is 19.5 Å². The second kappa shape index (κ2) is 7.07. The van der Waals surface area contributed by atoms with E-state index in [0.29, 0.717) is 17.7 Å². The Morgan fingerprint density at radius 2 is 2.10 bits per heavy atom. The lowest BCUT2D eigenvalue weighted by Crippen LogP contribution is -2.30. The zero-order valence-electron chi connectivity index (χ0n) is 15.7. The third kappa shape index (κ3) is 4.10. The maximum atomic E-state index is 11.9. The molecular weight excluding hydrogens is 426 g/mol. The summed E-state index contributed by atoms with van der Waals surface area (Å²) in [6.07, 6.45) is 1.49.